The maximum absolute atomic E-state index is 14.9. The zero-order valence-corrected chi connectivity index (χ0v) is 21.2. The lowest BCUT2D eigenvalue weighted by Crippen LogP contribution is -2.37. The Bertz CT molecular complexity index is 1310. The molecule has 0 saturated carbocycles. The highest BCUT2D eigenvalue weighted by Crippen LogP contribution is 2.41. The Morgan fingerprint density at radius 3 is 2.89 bits per heavy atom. The fourth-order valence-electron chi connectivity index (χ4n) is 5.27. The number of nitrogens with one attached hydrogen (secondary N) is 1. The van der Waals surface area contributed by atoms with Crippen LogP contribution in [0, 0.1) is 5.82 Å². The molecular weight excluding hydrogens is 469 g/mol. The molecule has 0 spiro atoms. The highest BCUT2D eigenvalue weighted by Gasteiger charge is 2.30. The van der Waals surface area contributed by atoms with Crippen molar-refractivity contribution in [1.82, 2.24) is 5.32 Å². The van der Waals surface area contributed by atoms with Crippen LogP contribution in [0.15, 0.2) is 66.7 Å². The van der Waals surface area contributed by atoms with Crippen molar-refractivity contribution in [2.75, 3.05) is 20.3 Å². The van der Waals surface area contributed by atoms with Crippen molar-refractivity contribution >= 4 is 12.0 Å². The summed E-state index contributed by atoms with van der Waals surface area (Å²) in [6.45, 7) is 2.52. The molecule has 0 unspecified atom stereocenters. The first-order chi connectivity index (χ1) is 18.0. The van der Waals surface area contributed by atoms with Gasteiger partial charge in [-0.3, -0.25) is 0 Å². The fraction of sp³-hybridized carbons (Fsp3) is 0.323. The minimum absolute atomic E-state index is 0. The van der Waals surface area contributed by atoms with Crippen molar-refractivity contribution in [3.05, 3.63) is 100 Å². The number of fused-ring (bicyclic) bond motifs is 2. The Balaban J connectivity index is 0.00000336. The number of carbonyl (C=O) groups excluding carboxylic acids is 1. The quantitative estimate of drug-likeness (QED) is 0.370. The molecule has 5 nitrogen and oxygen atoms in total. The Labute approximate surface area is 218 Å². The molecule has 3 atom stereocenters. The first kappa shape index (κ1) is 25.0. The molecule has 1 aliphatic carbocycles. The van der Waals surface area contributed by atoms with Crippen LogP contribution in [0.3, 0.4) is 0 Å². The predicted octanol–water partition coefficient (Wildman–Crippen LogP) is 6.22. The summed E-state index contributed by atoms with van der Waals surface area (Å²) in [7, 11) is 1.27. The zero-order valence-electron chi connectivity index (χ0n) is 21.2. The van der Waals surface area contributed by atoms with Gasteiger partial charge in [-0.05, 0) is 66.6 Å². The van der Waals surface area contributed by atoms with Gasteiger partial charge in [-0.15, -0.1) is 0 Å². The molecule has 1 heterocycles. The molecule has 1 aliphatic heterocycles. The lowest BCUT2D eigenvalue weighted by molar-refractivity contribution is -0.142. The summed E-state index contributed by atoms with van der Waals surface area (Å²) < 4.78 is 31.1. The Kier molecular flexibility index (Phi) is 7.56. The van der Waals surface area contributed by atoms with Gasteiger partial charge in [-0.25, -0.2) is 9.18 Å². The summed E-state index contributed by atoms with van der Waals surface area (Å²) in [5.74, 6) is -0.232. The lowest BCUT2D eigenvalue weighted by atomic mass is 9.84. The van der Waals surface area contributed by atoms with Crippen molar-refractivity contribution in [1.29, 1.82) is 0 Å². The number of para-hydroxylation sites is 1. The van der Waals surface area contributed by atoms with Gasteiger partial charge in [-0.1, -0.05) is 54.6 Å². The van der Waals surface area contributed by atoms with Gasteiger partial charge >= 0.3 is 5.97 Å². The third-order valence-corrected chi connectivity index (χ3v) is 7.23. The van der Waals surface area contributed by atoms with E-state index in [4.69, 9.17) is 9.47 Å². The Hall–Kier alpha value is -3.64. The normalized spacial score (nSPS) is 18.8. The SMILES string of the molecule is COC(=O)COc1ccc([C@H]2C[C@H](CN[C@H](C)c3cccc4c3C=CCC4)Oc3ccccc32)cc1F.[HH]. The van der Waals surface area contributed by atoms with E-state index in [1.54, 1.807) is 6.07 Å². The maximum atomic E-state index is 14.9. The van der Waals surface area contributed by atoms with E-state index in [0.29, 0.717) is 13.0 Å². The van der Waals surface area contributed by atoms with E-state index in [0.717, 1.165) is 29.7 Å². The molecule has 1 N–H and O–H groups in total. The number of ether oxygens (including phenoxy) is 3. The molecule has 6 heteroatoms. The fourth-order valence-corrected chi connectivity index (χ4v) is 5.27. The Morgan fingerprint density at radius 1 is 1.19 bits per heavy atom. The molecule has 194 valence electrons. The number of benzene rings is 3. The number of allylic oxidation sites excluding steroid dienone is 1. The number of methoxy groups -OCH3 is 1. The number of halogens is 1. The van der Waals surface area contributed by atoms with Crippen LogP contribution in [0.5, 0.6) is 11.5 Å². The van der Waals surface area contributed by atoms with E-state index in [9.17, 15) is 9.18 Å². The van der Waals surface area contributed by atoms with Gasteiger partial charge in [0, 0.05) is 25.5 Å². The molecule has 0 amide bonds. The van der Waals surface area contributed by atoms with Crippen molar-refractivity contribution < 1.29 is 24.8 Å². The molecule has 37 heavy (non-hydrogen) atoms. The number of aryl methyl sites for hydroxylation is 1. The molecule has 3 aromatic carbocycles. The Morgan fingerprint density at radius 2 is 2.05 bits per heavy atom. The molecular formula is C31H34FNO4. The van der Waals surface area contributed by atoms with Crippen LogP contribution in [-0.4, -0.2) is 32.3 Å². The van der Waals surface area contributed by atoms with Gasteiger partial charge in [0.2, 0.25) is 0 Å². The number of carbonyl (C=O) groups is 1. The van der Waals surface area contributed by atoms with E-state index in [1.807, 2.05) is 30.3 Å². The summed E-state index contributed by atoms with van der Waals surface area (Å²) in [5.41, 5.74) is 5.91. The van der Waals surface area contributed by atoms with Crippen LogP contribution in [0.25, 0.3) is 6.08 Å². The summed E-state index contributed by atoms with van der Waals surface area (Å²) in [6, 6.07) is 19.6. The van der Waals surface area contributed by atoms with Gasteiger partial charge in [-0.2, -0.15) is 0 Å². The van der Waals surface area contributed by atoms with Crippen LogP contribution in [0.4, 0.5) is 4.39 Å². The second kappa shape index (κ2) is 11.2. The predicted molar refractivity (Wildman–Crippen MR) is 144 cm³/mol. The van der Waals surface area contributed by atoms with E-state index in [1.165, 1.54) is 29.9 Å². The monoisotopic (exact) mass is 503 g/mol. The van der Waals surface area contributed by atoms with E-state index >= 15 is 0 Å². The zero-order chi connectivity index (χ0) is 25.8. The molecule has 0 aromatic heterocycles. The molecule has 0 fully saturated rings. The van der Waals surface area contributed by atoms with Crippen LogP contribution in [0.1, 0.15) is 61.0 Å². The third-order valence-electron chi connectivity index (χ3n) is 7.23. The van der Waals surface area contributed by atoms with E-state index in [2.05, 4.69) is 47.3 Å². The van der Waals surface area contributed by atoms with Crippen molar-refractivity contribution in [2.45, 2.75) is 44.2 Å². The summed E-state index contributed by atoms with van der Waals surface area (Å²) in [5, 5.41) is 3.68. The first-order valence-electron chi connectivity index (χ1n) is 12.8. The van der Waals surface area contributed by atoms with Crippen LogP contribution in [0.2, 0.25) is 0 Å². The molecule has 0 radical (unpaired) electrons. The van der Waals surface area contributed by atoms with Crippen LogP contribution in [-0.2, 0) is 16.0 Å². The largest absolute Gasteiger partial charge is 0.489 e. The molecule has 2 aliphatic rings. The number of hydrogen-bond donors (Lipinski definition) is 1. The summed E-state index contributed by atoms with van der Waals surface area (Å²) >= 11 is 0. The first-order valence-corrected chi connectivity index (χ1v) is 12.8. The van der Waals surface area contributed by atoms with Crippen LogP contribution >= 0.6 is 0 Å². The summed E-state index contributed by atoms with van der Waals surface area (Å²) in [6.07, 6.45) is 7.30. The van der Waals surface area contributed by atoms with Gasteiger partial charge in [0.15, 0.2) is 18.2 Å². The number of esters is 1. The second-order valence-corrected chi connectivity index (χ2v) is 9.61. The minimum atomic E-state index is -0.557. The maximum Gasteiger partial charge on any atom is 0.343 e. The lowest BCUT2D eigenvalue weighted by Gasteiger charge is -2.33. The highest BCUT2D eigenvalue weighted by molar-refractivity contribution is 5.70. The molecule has 3 aromatic rings. The van der Waals surface area contributed by atoms with Crippen molar-refractivity contribution in [3.63, 3.8) is 0 Å². The topological polar surface area (TPSA) is 56.8 Å². The van der Waals surface area contributed by atoms with Gasteiger partial charge < -0.3 is 19.5 Å². The average Bonchev–Trinajstić information content (AvgIpc) is 2.94. The second-order valence-electron chi connectivity index (χ2n) is 9.61. The highest BCUT2D eigenvalue weighted by atomic mass is 19.1. The molecule has 5 rings (SSSR count). The van der Waals surface area contributed by atoms with Crippen LogP contribution < -0.4 is 14.8 Å². The standard InChI is InChI=1S/C31H32FNO4.H2/c1-20(24-12-7-9-21-8-3-4-10-25(21)24)33-18-23-17-27(26-11-5-6-13-29(26)37-23)22-14-15-30(28(32)16-22)36-19-31(34)35-2;/h4-7,9-16,20,23,27,33H,3,8,17-19H2,1-2H3;1H/t20-,23-,27-;/m1./s1. The summed E-state index contributed by atoms with van der Waals surface area (Å²) in [4.78, 5) is 11.4. The average molecular weight is 504 g/mol. The van der Waals surface area contributed by atoms with E-state index in [-0.39, 0.29) is 31.8 Å². The molecule has 0 saturated heterocycles. The smallest absolute Gasteiger partial charge is 0.343 e. The van der Waals surface area contributed by atoms with E-state index < -0.39 is 11.8 Å². The number of rotatable bonds is 8. The van der Waals surface area contributed by atoms with Crippen molar-refractivity contribution in [3.8, 4) is 11.5 Å². The third kappa shape index (κ3) is 5.54. The number of hydrogen-bond acceptors (Lipinski definition) is 5. The van der Waals surface area contributed by atoms with Gasteiger partial charge in [0.25, 0.3) is 0 Å². The van der Waals surface area contributed by atoms with Gasteiger partial charge in [0.05, 0.1) is 7.11 Å². The minimum Gasteiger partial charge on any atom is -0.489 e. The molecule has 0 bridgehead atoms. The van der Waals surface area contributed by atoms with Crippen molar-refractivity contribution in [2.24, 2.45) is 0 Å². The van der Waals surface area contributed by atoms with Gasteiger partial charge in [0.1, 0.15) is 11.9 Å².